The minimum absolute atomic E-state index is 0.215. The third-order valence-electron chi connectivity index (χ3n) is 5.37. The van der Waals surface area contributed by atoms with Crippen molar-refractivity contribution in [1.82, 2.24) is 13.9 Å². The summed E-state index contributed by atoms with van der Waals surface area (Å²) in [6, 6.07) is 10.6. The third-order valence-corrected chi connectivity index (χ3v) is 7.47. The molecule has 2 N–H and O–H groups in total. The molecule has 4 rings (SSSR count). The standard InChI is InChI=1S/C21H25N5O3S2/c1-25-14-22-20-16(7-6-8-18(20)25)23-21(30)24-17-13-15(9-10-19(17)29-2)31(27,28)26-11-4-3-5-12-26/h6-10,13-14H,3-5,11-12H2,1-2H3,(H2,23,24,30). The van der Waals surface area contributed by atoms with E-state index >= 15 is 0 Å². The van der Waals surface area contributed by atoms with Crippen LogP contribution in [0.25, 0.3) is 11.0 Å². The summed E-state index contributed by atoms with van der Waals surface area (Å²) in [6.45, 7) is 1.09. The van der Waals surface area contributed by atoms with Gasteiger partial charge in [-0.3, -0.25) is 0 Å². The second kappa shape index (κ2) is 8.81. The number of thiocarbonyl (C=S) groups is 1. The molecule has 164 valence electrons. The molecule has 0 saturated carbocycles. The number of benzene rings is 2. The quantitative estimate of drug-likeness (QED) is 0.564. The monoisotopic (exact) mass is 459 g/mol. The average molecular weight is 460 g/mol. The maximum absolute atomic E-state index is 13.1. The molecule has 8 nitrogen and oxygen atoms in total. The van der Waals surface area contributed by atoms with Crippen LogP contribution in [0.2, 0.25) is 0 Å². The Morgan fingerprint density at radius 2 is 1.84 bits per heavy atom. The Hall–Kier alpha value is -2.69. The van der Waals surface area contributed by atoms with Crippen LogP contribution in [-0.4, -0.2) is 47.6 Å². The summed E-state index contributed by atoms with van der Waals surface area (Å²) in [7, 11) is -0.111. The van der Waals surface area contributed by atoms with Gasteiger partial charge in [-0.2, -0.15) is 4.31 Å². The van der Waals surface area contributed by atoms with Gasteiger partial charge in [0.2, 0.25) is 10.0 Å². The molecule has 1 saturated heterocycles. The van der Waals surface area contributed by atoms with E-state index in [1.807, 2.05) is 29.8 Å². The Morgan fingerprint density at radius 1 is 1.10 bits per heavy atom. The van der Waals surface area contributed by atoms with Crippen molar-refractivity contribution in [2.24, 2.45) is 7.05 Å². The lowest BCUT2D eigenvalue weighted by molar-refractivity contribution is 0.346. The minimum Gasteiger partial charge on any atom is -0.495 e. The molecule has 31 heavy (non-hydrogen) atoms. The number of rotatable bonds is 5. The van der Waals surface area contributed by atoms with Crippen LogP contribution < -0.4 is 15.4 Å². The molecule has 0 aliphatic carbocycles. The minimum atomic E-state index is -3.57. The highest BCUT2D eigenvalue weighted by Gasteiger charge is 2.26. The molecule has 1 aliphatic rings. The second-order valence-corrected chi connectivity index (χ2v) is 9.78. The lowest BCUT2D eigenvalue weighted by atomic mass is 10.2. The number of nitrogens with zero attached hydrogens (tertiary/aromatic N) is 3. The second-order valence-electron chi connectivity index (χ2n) is 7.43. The van der Waals surface area contributed by atoms with Crippen molar-refractivity contribution in [1.29, 1.82) is 0 Å². The van der Waals surface area contributed by atoms with Crippen molar-refractivity contribution in [2.75, 3.05) is 30.8 Å². The number of methoxy groups -OCH3 is 1. The molecule has 1 aromatic heterocycles. The Labute approximate surface area is 187 Å². The van der Waals surface area contributed by atoms with Gasteiger partial charge in [0.05, 0.1) is 35.2 Å². The van der Waals surface area contributed by atoms with Crippen molar-refractivity contribution in [2.45, 2.75) is 24.2 Å². The van der Waals surface area contributed by atoms with Gasteiger partial charge in [-0.15, -0.1) is 0 Å². The number of piperidine rings is 1. The van der Waals surface area contributed by atoms with Gasteiger partial charge in [-0.05, 0) is 55.4 Å². The maximum Gasteiger partial charge on any atom is 0.243 e. The molecule has 0 spiro atoms. The Kier molecular flexibility index (Phi) is 6.12. The molecule has 0 amide bonds. The highest BCUT2D eigenvalue weighted by atomic mass is 32.2. The van der Waals surface area contributed by atoms with E-state index < -0.39 is 10.0 Å². The molecule has 0 atom stereocenters. The van der Waals surface area contributed by atoms with E-state index in [1.165, 1.54) is 7.11 Å². The fourth-order valence-corrected chi connectivity index (χ4v) is 5.50. The fraction of sp³-hybridized carbons (Fsp3) is 0.333. The van der Waals surface area contributed by atoms with Gasteiger partial charge in [0, 0.05) is 20.1 Å². The number of ether oxygens (including phenoxy) is 1. The molecule has 0 bridgehead atoms. The van der Waals surface area contributed by atoms with Crippen LogP contribution in [0, 0.1) is 0 Å². The highest BCUT2D eigenvalue weighted by molar-refractivity contribution is 7.89. The number of aryl methyl sites for hydroxylation is 1. The van der Waals surface area contributed by atoms with Crippen LogP contribution in [0.5, 0.6) is 5.75 Å². The molecule has 0 radical (unpaired) electrons. The average Bonchev–Trinajstić information content (AvgIpc) is 3.16. The maximum atomic E-state index is 13.1. The van der Waals surface area contributed by atoms with Gasteiger partial charge in [-0.25, -0.2) is 13.4 Å². The zero-order valence-corrected chi connectivity index (χ0v) is 19.1. The lowest BCUT2D eigenvalue weighted by Crippen LogP contribution is -2.35. The summed E-state index contributed by atoms with van der Waals surface area (Å²) in [5.74, 6) is 0.498. The fourth-order valence-electron chi connectivity index (χ4n) is 3.73. The zero-order valence-electron chi connectivity index (χ0n) is 17.5. The predicted molar refractivity (Wildman–Crippen MR) is 126 cm³/mol. The molecule has 10 heteroatoms. The topological polar surface area (TPSA) is 88.5 Å². The number of sulfonamides is 1. The van der Waals surface area contributed by atoms with Crippen LogP contribution >= 0.6 is 12.2 Å². The largest absolute Gasteiger partial charge is 0.495 e. The van der Waals surface area contributed by atoms with E-state index in [0.29, 0.717) is 29.6 Å². The predicted octanol–water partition coefficient (Wildman–Crippen LogP) is 3.57. The molecule has 0 unspecified atom stereocenters. The van der Waals surface area contributed by atoms with Crippen LogP contribution in [0.4, 0.5) is 11.4 Å². The Bertz CT molecular complexity index is 1220. The van der Waals surface area contributed by atoms with E-state index in [2.05, 4.69) is 15.6 Å². The Balaban J connectivity index is 1.58. The molecule has 3 aromatic rings. The third kappa shape index (κ3) is 4.36. The van der Waals surface area contributed by atoms with Gasteiger partial charge >= 0.3 is 0 Å². The van der Waals surface area contributed by atoms with E-state index in [0.717, 1.165) is 36.0 Å². The first-order valence-corrected chi connectivity index (χ1v) is 11.9. The highest BCUT2D eigenvalue weighted by Crippen LogP contribution is 2.30. The number of nitrogens with one attached hydrogen (secondary N) is 2. The molecule has 1 fully saturated rings. The summed E-state index contributed by atoms with van der Waals surface area (Å²) in [4.78, 5) is 4.63. The van der Waals surface area contributed by atoms with Crippen LogP contribution in [0.1, 0.15) is 19.3 Å². The van der Waals surface area contributed by atoms with Crippen LogP contribution in [0.15, 0.2) is 47.6 Å². The van der Waals surface area contributed by atoms with Gasteiger partial charge in [0.15, 0.2) is 5.11 Å². The lowest BCUT2D eigenvalue weighted by Gasteiger charge is -2.26. The SMILES string of the molecule is COc1ccc(S(=O)(=O)N2CCCCC2)cc1NC(=S)Nc1cccc2c1ncn2C. The van der Waals surface area contributed by atoms with E-state index in [-0.39, 0.29) is 4.90 Å². The van der Waals surface area contributed by atoms with Crippen molar-refractivity contribution in [3.8, 4) is 5.75 Å². The van der Waals surface area contributed by atoms with E-state index in [1.54, 1.807) is 28.8 Å². The van der Waals surface area contributed by atoms with Crippen LogP contribution in [0.3, 0.4) is 0 Å². The summed E-state index contributed by atoms with van der Waals surface area (Å²) in [6.07, 6.45) is 4.57. The number of anilines is 2. The van der Waals surface area contributed by atoms with Crippen molar-refractivity contribution < 1.29 is 13.2 Å². The number of fused-ring (bicyclic) bond motifs is 1. The van der Waals surface area contributed by atoms with Gasteiger partial charge < -0.3 is 19.9 Å². The van der Waals surface area contributed by atoms with Gasteiger partial charge in [0.1, 0.15) is 11.3 Å². The smallest absolute Gasteiger partial charge is 0.243 e. The first-order valence-electron chi connectivity index (χ1n) is 10.1. The number of imidazole rings is 1. The summed E-state index contributed by atoms with van der Waals surface area (Å²) < 4.78 is 35.0. The molecular weight excluding hydrogens is 434 g/mol. The molecule has 2 aromatic carbocycles. The number of hydrogen-bond donors (Lipinski definition) is 2. The van der Waals surface area contributed by atoms with Crippen molar-refractivity contribution in [3.05, 3.63) is 42.7 Å². The molecular formula is C21H25N5O3S2. The number of hydrogen-bond acceptors (Lipinski definition) is 5. The van der Waals surface area contributed by atoms with Crippen LogP contribution in [-0.2, 0) is 17.1 Å². The zero-order chi connectivity index (χ0) is 22.0. The number of aromatic nitrogens is 2. The summed E-state index contributed by atoms with van der Waals surface area (Å²) in [5.41, 5.74) is 3.00. The van der Waals surface area contributed by atoms with Crippen molar-refractivity contribution >= 4 is 49.8 Å². The van der Waals surface area contributed by atoms with Crippen molar-refractivity contribution in [3.63, 3.8) is 0 Å². The first kappa shape index (κ1) is 21.5. The first-order chi connectivity index (χ1) is 14.9. The van der Waals surface area contributed by atoms with Gasteiger partial charge in [0.25, 0.3) is 0 Å². The number of para-hydroxylation sites is 1. The normalized spacial score (nSPS) is 15.0. The Morgan fingerprint density at radius 3 is 2.58 bits per heavy atom. The molecule has 2 heterocycles. The van der Waals surface area contributed by atoms with E-state index in [4.69, 9.17) is 17.0 Å². The molecule has 1 aliphatic heterocycles. The summed E-state index contributed by atoms with van der Waals surface area (Å²) in [5, 5.41) is 6.53. The van der Waals surface area contributed by atoms with Gasteiger partial charge in [-0.1, -0.05) is 12.5 Å². The van der Waals surface area contributed by atoms with E-state index in [9.17, 15) is 8.42 Å². The summed E-state index contributed by atoms with van der Waals surface area (Å²) >= 11 is 5.48.